The van der Waals surface area contributed by atoms with Gasteiger partial charge in [0.05, 0.1) is 0 Å². The van der Waals surface area contributed by atoms with E-state index in [1.807, 2.05) is 13.0 Å². The SMILES string of the molecule is Cc1ccc(NC(=O)C(=O)NC(C)C)cc1Br. The molecule has 5 heteroatoms. The maximum absolute atomic E-state index is 11.5. The molecule has 92 valence electrons. The van der Waals surface area contributed by atoms with Gasteiger partial charge >= 0.3 is 11.8 Å². The van der Waals surface area contributed by atoms with Crippen LogP contribution in [0.25, 0.3) is 0 Å². The summed E-state index contributed by atoms with van der Waals surface area (Å²) in [5, 5.41) is 5.06. The molecule has 0 aliphatic heterocycles. The van der Waals surface area contributed by atoms with Crippen LogP contribution in [0.3, 0.4) is 0 Å². The van der Waals surface area contributed by atoms with Crippen molar-refractivity contribution in [3.8, 4) is 0 Å². The average Bonchev–Trinajstić information content (AvgIpc) is 2.22. The molecule has 17 heavy (non-hydrogen) atoms. The second-order valence-corrected chi connectivity index (χ2v) is 4.90. The number of rotatable bonds is 2. The predicted octanol–water partition coefficient (Wildman–Crippen LogP) is 2.22. The van der Waals surface area contributed by atoms with Crippen LogP contribution in [0, 0.1) is 6.92 Å². The number of amides is 2. The van der Waals surface area contributed by atoms with Crippen LogP contribution >= 0.6 is 15.9 Å². The molecule has 0 aromatic heterocycles. The van der Waals surface area contributed by atoms with Crippen molar-refractivity contribution >= 4 is 33.4 Å². The molecule has 4 nitrogen and oxygen atoms in total. The molecule has 0 bridgehead atoms. The summed E-state index contributed by atoms with van der Waals surface area (Å²) in [6.07, 6.45) is 0. The minimum Gasteiger partial charge on any atom is -0.346 e. The highest BCUT2D eigenvalue weighted by atomic mass is 79.9. The summed E-state index contributed by atoms with van der Waals surface area (Å²) in [6, 6.07) is 5.31. The topological polar surface area (TPSA) is 58.2 Å². The van der Waals surface area contributed by atoms with Crippen LogP contribution in [0.5, 0.6) is 0 Å². The Bertz CT molecular complexity index is 444. The summed E-state index contributed by atoms with van der Waals surface area (Å²) in [6.45, 7) is 5.54. The first-order chi connectivity index (χ1) is 7.90. The van der Waals surface area contributed by atoms with E-state index >= 15 is 0 Å². The molecular weight excluding hydrogens is 284 g/mol. The van der Waals surface area contributed by atoms with Crippen molar-refractivity contribution in [2.24, 2.45) is 0 Å². The molecule has 0 saturated heterocycles. The molecule has 0 fully saturated rings. The standard InChI is InChI=1S/C12H15BrN2O2/c1-7(2)14-11(16)12(17)15-9-5-4-8(3)10(13)6-9/h4-7H,1-3H3,(H,14,16)(H,15,17). The van der Waals surface area contributed by atoms with Crippen LogP contribution in [0.1, 0.15) is 19.4 Å². The number of hydrogen-bond acceptors (Lipinski definition) is 2. The minimum atomic E-state index is -0.658. The van der Waals surface area contributed by atoms with E-state index in [-0.39, 0.29) is 6.04 Å². The largest absolute Gasteiger partial charge is 0.346 e. The first kappa shape index (κ1) is 13.7. The van der Waals surface area contributed by atoms with Gasteiger partial charge < -0.3 is 10.6 Å². The summed E-state index contributed by atoms with van der Waals surface area (Å²) < 4.78 is 0.888. The molecule has 0 aliphatic rings. The smallest absolute Gasteiger partial charge is 0.313 e. The van der Waals surface area contributed by atoms with Crippen LogP contribution in [-0.4, -0.2) is 17.9 Å². The lowest BCUT2D eigenvalue weighted by Gasteiger charge is -2.09. The quantitative estimate of drug-likeness (QED) is 0.823. The monoisotopic (exact) mass is 298 g/mol. The van der Waals surface area contributed by atoms with E-state index < -0.39 is 11.8 Å². The molecule has 2 amide bonds. The van der Waals surface area contributed by atoms with Crippen LogP contribution in [-0.2, 0) is 9.59 Å². The van der Waals surface area contributed by atoms with Gasteiger partial charge in [0.15, 0.2) is 0 Å². The molecule has 1 aromatic carbocycles. The number of aryl methyl sites for hydroxylation is 1. The number of carbonyl (C=O) groups is 2. The molecule has 0 aliphatic carbocycles. The van der Waals surface area contributed by atoms with Crippen molar-refractivity contribution in [2.45, 2.75) is 26.8 Å². The number of hydrogen-bond donors (Lipinski definition) is 2. The van der Waals surface area contributed by atoms with Gasteiger partial charge in [-0.25, -0.2) is 0 Å². The fourth-order valence-electron chi connectivity index (χ4n) is 1.19. The normalized spacial score (nSPS) is 10.2. The Balaban J connectivity index is 2.68. The lowest BCUT2D eigenvalue weighted by Crippen LogP contribution is -2.39. The summed E-state index contributed by atoms with van der Waals surface area (Å²) in [7, 11) is 0. The Morgan fingerprint density at radius 1 is 1.24 bits per heavy atom. The molecule has 2 N–H and O–H groups in total. The van der Waals surface area contributed by atoms with Crippen molar-refractivity contribution in [1.82, 2.24) is 5.32 Å². The molecule has 0 spiro atoms. The van der Waals surface area contributed by atoms with Gasteiger partial charge in [-0.15, -0.1) is 0 Å². The summed E-state index contributed by atoms with van der Waals surface area (Å²) in [5.41, 5.74) is 1.65. The Morgan fingerprint density at radius 2 is 1.88 bits per heavy atom. The molecular formula is C12H15BrN2O2. The molecule has 0 heterocycles. The lowest BCUT2D eigenvalue weighted by molar-refractivity contribution is -0.136. The molecule has 0 radical (unpaired) electrons. The molecule has 0 unspecified atom stereocenters. The lowest BCUT2D eigenvalue weighted by atomic mass is 10.2. The second-order valence-electron chi connectivity index (χ2n) is 4.05. The Labute approximate surface area is 109 Å². The van der Waals surface area contributed by atoms with E-state index in [1.54, 1.807) is 26.0 Å². The maximum atomic E-state index is 11.5. The van der Waals surface area contributed by atoms with Crippen LogP contribution in [0.4, 0.5) is 5.69 Å². The van der Waals surface area contributed by atoms with Gasteiger partial charge in [0.2, 0.25) is 0 Å². The zero-order chi connectivity index (χ0) is 13.0. The van der Waals surface area contributed by atoms with Crippen molar-refractivity contribution in [2.75, 3.05) is 5.32 Å². The predicted molar refractivity (Wildman–Crippen MR) is 70.8 cm³/mol. The fourth-order valence-corrected chi connectivity index (χ4v) is 1.57. The van der Waals surface area contributed by atoms with Gasteiger partial charge in [-0.1, -0.05) is 22.0 Å². The number of halogens is 1. The number of nitrogens with one attached hydrogen (secondary N) is 2. The third-order valence-electron chi connectivity index (χ3n) is 2.06. The van der Waals surface area contributed by atoms with Gasteiger partial charge in [0.25, 0.3) is 0 Å². The molecule has 0 atom stereocenters. The average molecular weight is 299 g/mol. The zero-order valence-electron chi connectivity index (χ0n) is 10.0. The third kappa shape index (κ3) is 4.19. The second kappa shape index (κ2) is 5.82. The van der Waals surface area contributed by atoms with Gasteiger partial charge in [-0.05, 0) is 38.5 Å². The van der Waals surface area contributed by atoms with Crippen molar-refractivity contribution in [3.63, 3.8) is 0 Å². The van der Waals surface area contributed by atoms with Crippen LogP contribution in [0.2, 0.25) is 0 Å². The first-order valence-electron chi connectivity index (χ1n) is 5.28. The molecule has 0 saturated carbocycles. The Morgan fingerprint density at radius 3 is 2.41 bits per heavy atom. The van der Waals surface area contributed by atoms with Gasteiger partial charge in [0.1, 0.15) is 0 Å². The van der Waals surface area contributed by atoms with Gasteiger partial charge in [-0.2, -0.15) is 0 Å². The molecule has 1 rings (SSSR count). The van der Waals surface area contributed by atoms with Gasteiger partial charge in [0, 0.05) is 16.2 Å². The minimum absolute atomic E-state index is 0.0574. The van der Waals surface area contributed by atoms with E-state index in [1.165, 1.54) is 0 Å². The highest BCUT2D eigenvalue weighted by Gasteiger charge is 2.14. The van der Waals surface area contributed by atoms with Crippen molar-refractivity contribution in [1.29, 1.82) is 0 Å². The Kier molecular flexibility index (Phi) is 4.69. The van der Waals surface area contributed by atoms with E-state index in [9.17, 15) is 9.59 Å². The van der Waals surface area contributed by atoms with Gasteiger partial charge in [-0.3, -0.25) is 9.59 Å². The summed E-state index contributed by atoms with van der Waals surface area (Å²) in [4.78, 5) is 22.9. The highest BCUT2D eigenvalue weighted by Crippen LogP contribution is 2.20. The number of carbonyl (C=O) groups excluding carboxylic acids is 2. The Hall–Kier alpha value is -1.36. The summed E-state index contributed by atoms with van der Waals surface area (Å²) >= 11 is 3.36. The van der Waals surface area contributed by atoms with Crippen LogP contribution < -0.4 is 10.6 Å². The third-order valence-corrected chi connectivity index (χ3v) is 2.91. The summed E-state index contributed by atoms with van der Waals surface area (Å²) in [5.74, 6) is -1.29. The zero-order valence-corrected chi connectivity index (χ0v) is 11.6. The highest BCUT2D eigenvalue weighted by molar-refractivity contribution is 9.10. The van der Waals surface area contributed by atoms with E-state index in [4.69, 9.17) is 0 Å². The van der Waals surface area contributed by atoms with E-state index in [2.05, 4.69) is 26.6 Å². The maximum Gasteiger partial charge on any atom is 0.313 e. The van der Waals surface area contributed by atoms with E-state index in [0.29, 0.717) is 5.69 Å². The van der Waals surface area contributed by atoms with E-state index in [0.717, 1.165) is 10.0 Å². The number of anilines is 1. The van der Waals surface area contributed by atoms with Crippen molar-refractivity contribution in [3.05, 3.63) is 28.2 Å². The number of benzene rings is 1. The van der Waals surface area contributed by atoms with Crippen molar-refractivity contribution < 1.29 is 9.59 Å². The van der Waals surface area contributed by atoms with Crippen LogP contribution in [0.15, 0.2) is 22.7 Å². The molecule has 1 aromatic rings. The fraction of sp³-hybridized carbons (Fsp3) is 0.333. The first-order valence-corrected chi connectivity index (χ1v) is 6.07.